The number of nitrogens with one attached hydrogen (secondary N) is 1. The SMILES string of the molecule is CNCCCC1(c2ccc(F)cc2)COCc2cc(C#N)ccc21. The Morgan fingerprint density at radius 1 is 1.25 bits per heavy atom. The minimum atomic E-state index is -0.299. The number of ether oxygens (including phenoxy) is 1. The quantitative estimate of drug-likeness (QED) is 0.856. The molecule has 1 heterocycles. The van der Waals surface area contributed by atoms with Crippen LogP contribution in [0.15, 0.2) is 42.5 Å². The lowest BCUT2D eigenvalue weighted by Gasteiger charge is -2.40. The van der Waals surface area contributed by atoms with Gasteiger partial charge in [0.25, 0.3) is 0 Å². The summed E-state index contributed by atoms with van der Waals surface area (Å²) in [6.45, 7) is 2.00. The summed E-state index contributed by atoms with van der Waals surface area (Å²) in [6, 6.07) is 14.7. The van der Waals surface area contributed by atoms with Gasteiger partial charge in [-0.2, -0.15) is 5.26 Å². The fourth-order valence-electron chi connectivity index (χ4n) is 3.59. The van der Waals surface area contributed by atoms with Crippen LogP contribution in [0.2, 0.25) is 0 Å². The molecule has 1 aliphatic heterocycles. The maximum atomic E-state index is 13.4. The maximum absolute atomic E-state index is 13.4. The van der Waals surface area contributed by atoms with Gasteiger partial charge in [-0.15, -0.1) is 0 Å². The number of benzene rings is 2. The fraction of sp³-hybridized carbons (Fsp3) is 0.350. The second-order valence-corrected chi connectivity index (χ2v) is 6.27. The number of hydrogen-bond donors (Lipinski definition) is 1. The van der Waals surface area contributed by atoms with E-state index in [0.717, 1.165) is 30.5 Å². The first-order chi connectivity index (χ1) is 11.7. The van der Waals surface area contributed by atoms with E-state index in [9.17, 15) is 4.39 Å². The molecular formula is C20H21FN2O. The van der Waals surface area contributed by atoms with Crippen molar-refractivity contribution in [2.24, 2.45) is 0 Å². The molecular weight excluding hydrogens is 303 g/mol. The summed E-state index contributed by atoms with van der Waals surface area (Å²) >= 11 is 0. The summed E-state index contributed by atoms with van der Waals surface area (Å²) in [5.41, 5.74) is 3.64. The van der Waals surface area contributed by atoms with E-state index in [1.54, 1.807) is 0 Å². The van der Waals surface area contributed by atoms with Crippen molar-refractivity contribution in [3.8, 4) is 6.07 Å². The van der Waals surface area contributed by atoms with Gasteiger partial charge in [-0.05, 0) is 67.4 Å². The predicted octanol–water partition coefficient (Wildman–Crippen LogP) is 3.51. The number of rotatable bonds is 5. The Labute approximate surface area is 142 Å². The zero-order chi connectivity index (χ0) is 17.0. The van der Waals surface area contributed by atoms with Gasteiger partial charge >= 0.3 is 0 Å². The summed E-state index contributed by atoms with van der Waals surface area (Å²) in [4.78, 5) is 0. The summed E-state index contributed by atoms with van der Waals surface area (Å²) in [5, 5.41) is 12.3. The zero-order valence-electron chi connectivity index (χ0n) is 13.8. The molecule has 1 atom stereocenters. The Morgan fingerprint density at radius 2 is 2.04 bits per heavy atom. The van der Waals surface area contributed by atoms with Gasteiger partial charge in [0, 0.05) is 5.41 Å². The van der Waals surface area contributed by atoms with Crippen LogP contribution in [0.25, 0.3) is 0 Å². The maximum Gasteiger partial charge on any atom is 0.123 e. The molecule has 0 aliphatic carbocycles. The van der Waals surface area contributed by atoms with Crippen molar-refractivity contribution < 1.29 is 9.13 Å². The normalized spacial score (nSPS) is 19.5. The highest BCUT2D eigenvalue weighted by Crippen LogP contribution is 2.42. The van der Waals surface area contributed by atoms with Crippen LogP contribution in [0.4, 0.5) is 4.39 Å². The molecule has 3 nitrogen and oxygen atoms in total. The molecule has 2 aromatic rings. The van der Waals surface area contributed by atoms with E-state index in [0.29, 0.717) is 18.8 Å². The van der Waals surface area contributed by atoms with Crippen molar-refractivity contribution in [3.63, 3.8) is 0 Å². The van der Waals surface area contributed by atoms with E-state index in [1.165, 1.54) is 17.7 Å². The van der Waals surface area contributed by atoms with Gasteiger partial charge in [-0.3, -0.25) is 0 Å². The third kappa shape index (κ3) is 3.06. The second-order valence-electron chi connectivity index (χ2n) is 6.27. The molecule has 4 heteroatoms. The molecule has 1 unspecified atom stereocenters. The van der Waals surface area contributed by atoms with Crippen molar-refractivity contribution >= 4 is 0 Å². The Hall–Kier alpha value is -2.22. The topological polar surface area (TPSA) is 45.0 Å². The summed E-state index contributed by atoms with van der Waals surface area (Å²) in [5.74, 6) is -0.235. The predicted molar refractivity (Wildman–Crippen MR) is 91.2 cm³/mol. The smallest absolute Gasteiger partial charge is 0.123 e. The fourth-order valence-corrected chi connectivity index (χ4v) is 3.59. The lowest BCUT2D eigenvalue weighted by Crippen LogP contribution is -2.38. The molecule has 0 saturated carbocycles. The molecule has 0 saturated heterocycles. The Morgan fingerprint density at radius 3 is 2.75 bits per heavy atom. The van der Waals surface area contributed by atoms with Crippen LogP contribution in [-0.4, -0.2) is 20.2 Å². The number of hydrogen-bond acceptors (Lipinski definition) is 3. The second kappa shape index (κ2) is 7.12. The largest absolute Gasteiger partial charge is 0.375 e. The van der Waals surface area contributed by atoms with Gasteiger partial charge in [0.15, 0.2) is 0 Å². The molecule has 0 aromatic heterocycles. The number of nitriles is 1. The molecule has 0 radical (unpaired) electrons. The zero-order valence-corrected chi connectivity index (χ0v) is 13.8. The summed E-state index contributed by atoms with van der Waals surface area (Å²) < 4.78 is 19.3. The first-order valence-corrected chi connectivity index (χ1v) is 8.21. The molecule has 2 aromatic carbocycles. The van der Waals surface area contributed by atoms with E-state index in [2.05, 4.69) is 11.4 Å². The van der Waals surface area contributed by atoms with Gasteiger partial charge in [-0.25, -0.2) is 4.39 Å². The van der Waals surface area contributed by atoms with Gasteiger partial charge in [0.2, 0.25) is 0 Å². The lowest BCUT2D eigenvalue weighted by molar-refractivity contribution is 0.0613. The Kier molecular flexibility index (Phi) is 4.94. The lowest BCUT2D eigenvalue weighted by atomic mass is 9.69. The van der Waals surface area contributed by atoms with Crippen LogP contribution in [0.3, 0.4) is 0 Å². The first kappa shape index (κ1) is 16.6. The third-order valence-electron chi connectivity index (χ3n) is 4.78. The Bertz CT molecular complexity index is 751. The first-order valence-electron chi connectivity index (χ1n) is 8.21. The van der Waals surface area contributed by atoms with Crippen molar-refractivity contribution in [2.75, 3.05) is 20.2 Å². The minimum absolute atomic E-state index is 0.235. The van der Waals surface area contributed by atoms with Crippen molar-refractivity contribution in [1.82, 2.24) is 5.32 Å². The number of nitrogens with zero attached hydrogens (tertiary/aromatic N) is 1. The number of fused-ring (bicyclic) bond motifs is 1. The molecule has 1 aliphatic rings. The van der Waals surface area contributed by atoms with Gasteiger partial charge in [0.05, 0.1) is 24.8 Å². The van der Waals surface area contributed by atoms with E-state index in [-0.39, 0.29) is 11.2 Å². The number of halogens is 1. The van der Waals surface area contributed by atoms with Crippen molar-refractivity contribution in [2.45, 2.75) is 24.9 Å². The monoisotopic (exact) mass is 324 g/mol. The van der Waals surface area contributed by atoms with Crippen LogP contribution in [0, 0.1) is 17.1 Å². The van der Waals surface area contributed by atoms with E-state index in [1.807, 2.05) is 37.4 Å². The van der Waals surface area contributed by atoms with Crippen LogP contribution >= 0.6 is 0 Å². The summed E-state index contributed by atoms with van der Waals surface area (Å²) in [6.07, 6.45) is 1.88. The van der Waals surface area contributed by atoms with Crippen LogP contribution in [-0.2, 0) is 16.8 Å². The molecule has 24 heavy (non-hydrogen) atoms. The van der Waals surface area contributed by atoms with Crippen molar-refractivity contribution in [3.05, 3.63) is 70.5 Å². The molecule has 0 fully saturated rings. The highest BCUT2D eigenvalue weighted by atomic mass is 19.1. The highest BCUT2D eigenvalue weighted by molar-refractivity contribution is 5.48. The average molecular weight is 324 g/mol. The summed E-state index contributed by atoms with van der Waals surface area (Å²) in [7, 11) is 1.94. The van der Waals surface area contributed by atoms with Crippen LogP contribution in [0.1, 0.15) is 35.1 Å². The molecule has 0 bridgehead atoms. The van der Waals surface area contributed by atoms with Crippen LogP contribution < -0.4 is 5.32 Å². The van der Waals surface area contributed by atoms with Gasteiger partial charge in [-0.1, -0.05) is 18.2 Å². The third-order valence-corrected chi connectivity index (χ3v) is 4.78. The highest BCUT2D eigenvalue weighted by Gasteiger charge is 2.38. The average Bonchev–Trinajstić information content (AvgIpc) is 2.62. The molecule has 0 spiro atoms. The molecule has 3 rings (SSSR count). The van der Waals surface area contributed by atoms with Gasteiger partial charge < -0.3 is 10.1 Å². The van der Waals surface area contributed by atoms with E-state index in [4.69, 9.17) is 10.00 Å². The molecule has 124 valence electrons. The van der Waals surface area contributed by atoms with E-state index >= 15 is 0 Å². The Balaban J connectivity index is 2.09. The molecule has 0 amide bonds. The van der Waals surface area contributed by atoms with Crippen molar-refractivity contribution in [1.29, 1.82) is 5.26 Å². The standard InChI is InChI=1S/C20H21FN2O/c1-23-10-2-9-20(17-4-6-18(21)7-5-17)14-24-13-16-11-15(12-22)3-8-19(16)20/h3-8,11,23H,2,9-10,13-14H2,1H3. The van der Waals surface area contributed by atoms with Gasteiger partial charge in [0.1, 0.15) is 5.82 Å². The molecule has 1 N–H and O–H groups in total. The minimum Gasteiger partial charge on any atom is -0.375 e. The van der Waals surface area contributed by atoms with Crippen LogP contribution in [0.5, 0.6) is 0 Å². The van der Waals surface area contributed by atoms with E-state index < -0.39 is 0 Å².